The predicted octanol–water partition coefficient (Wildman–Crippen LogP) is 5.17. The van der Waals surface area contributed by atoms with Crippen LogP contribution >= 0.6 is 23.2 Å². The van der Waals surface area contributed by atoms with Crippen LogP contribution in [0.1, 0.15) is 27.8 Å². The lowest BCUT2D eigenvalue weighted by molar-refractivity contribution is 0.0494. The fourth-order valence-electron chi connectivity index (χ4n) is 2.36. The van der Waals surface area contributed by atoms with E-state index in [0.717, 1.165) is 0 Å². The number of carbonyl (C=O) groups is 2. The number of hydrogen-bond acceptors (Lipinski definition) is 4. The van der Waals surface area contributed by atoms with Gasteiger partial charge in [0.1, 0.15) is 11.3 Å². The van der Waals surface area contributed by atoms with Crippen molar-refractivity contribution in [1.29, 1.82) is 0 Å². The first-order chi connectivity index (χ1) is 12.0. The van der Waals surface area contributed by atoms with Crippen molar-refractivity contribution < 1.29 is 18.7 Å². The summed E-state index contributed by atoms with van der Waals surface area (Å²) in [5.74, 6) is -1.21. The molecule has 25 heavy (non-hydrogen) atoms. The molecule has 128 valence electrons. The minimum Gasteiger partial charge on any atom is -0.460 e. The molecule has 2 aromatic carbocycles. The maximum absolute atomic E-state index is 12.6. The lowest BCUT2D eigenvalue weighted by atomic mass is 10.1. The Bertz CT molecular complexity index is 965. The number of furan rings is 1. The number of para-hydroxylation sites is 1. The molecule has 0 fully saturated rings. The van der Waals surface area contributed by atoms with Crippen LogP contribution in [-0.4, -0.2) is 18.5 Å². The summed E-state index contributed by atoms with van der Waals surface area (Å²) in [5, 5.41) is 3.90. The first-order valence-electron chi connectivity index (χ1n) is 7.46. The Morgan fingerprint density at radius 2 is 1.92 bits per heavy atom. The fraction of sp³-hybridized carbons (Fsp3) is 0.111. The Balaban J connectivity index is 2.03. The summed E-state index contributed by atoms with van der Waals surface area (Å²) in [6.07, 6.45) is 0. The predicted molar refractivity (Wildman–Crippen MR) is 96.6 cm³/mol. The van der Waals surface area contributed by atoms with Crippen LogP contribution in [0.4, 0.5) is 5.69 Å². The molecule has 5 nitrogen and oxygen atoms in total. The average Bonchev–Trinajstić information content (AvgIpc) is 2.94. The highest BCUT2D eigenvalue weighted by Crippen LogP contribution is 2.32. The molecule has 0 unspecified atom stereocenters. The maximum atomic E-state index is 12.6. The van der Waals surface area contributed by atoms with E-state index in [1.54, 1.807) is 37.3 Å². The quantitative estimate of drug-likeness (QED) is 0.636. The van der Waals surface area contributed by atoms with Gasteiger partial charge in [-0.1, -0.05) is 35.3 Å². The molecular weight excluding hydrogens is 365 g/mol. The van der Waals surface area contributed by atoms with Crippen LogP contribution in [0.5, 0.6) is 0 Å². The summed E-state index contributed by atoms with van der Waals surface area (Å²) in [6, 6.07) is 11.5. The molecule has 3 rings (SSSR count). The molecule has 0 aliphatic carbocycles. The number of hydrogen-bond donors (Lipinski definition) is 1. The molecule has 0 saturated carbocycles. The number of halogens is 2. The van der Waals surface area contributed by atoms with Crippen LogP contribution in [0.15, 0.2) is 46.9 Å². The molecule has 0 aliphatic heterocycles. The van der Waals surface area contributed by atoms with E-state index in [9.17, 15) is 9.59 Å². The first-order valence-corrected chi connectivity index (χ1v) is 8.22. The van der Waals surface area contributed by atoms with Crippen molar-refractivity contribution in [2.75, 3.05) is 11.9 Å². The highest BCUT2D eigenvalue weighted by atomic mass is 35.5. The van der Waals surface area contributed by atoms with Gasteiger partial charge in [-0.05, 0) is 37.3 Å². The van der Waals surface area contributed by atoms with E-state index in [4.69, 9.17) is 32.4 Å². The zero-order valence-electron chi connectivity index (χ0n) is 13.1. The van der Waals surface area contributed by atoms with Crippen molar-refractivity contribution in [3.63, 3.8) is 0 Å². The molecule has 0 spiro atoms. The van der Waals surface area contributed by atoms with Gasteiger partial charge in [-0.25, -0.2) is 4.79 Å². The summed E-state index contributed by atoms with van der Waals surface area (Å²) >= 11 is 11.9. The number of rotatable bonds is 4. The second kappa shape index (κ2) is 7.17. The van der Waals surface area contributed by atoms with Gasteiger partial charge in [0.25, 0.3) is 5.91 Å². The Morgan fingerprint density at radius 1 is 1.16 bits per heavy atom. The van der Waals surface area contributed by atoms with E-state index in [0.29, 0.717) is 16.0 Å². The zero-order valence-corrected chi connectivity index (χ0v) is 14.6. The van der Waals surface area contributed by atoms with E-state index in [1.165, 1.54) is 12.1 Å². The van der Waals surface area contributed by atoms with Crippen LogP contribution in [0.25, 0.3) is 11.0 Å². The third-order valence-electron chi connectivity index (χ3n) is 3.47. The van der Waals surface area contributed by atoms with Gasteiger partial charge in [-0.2, -0.15) is 0 Å². The first kappa shape index (κ1) is 17.3. The Morgan fingerprint density at radius 3 is 2.64 bits per heavy atom. The average molecular weight is 378 g/mol. The number of anilines is 1. The van der Waals surface area contributed by atoms with E-state index in [1.807, 2.05) is 0 Å². The van der Waals surface area contributed by atoms with Crippen molar-refractivity contribution in [2.24, 2.45) is 0 Å². The van der Waals surface area contributed by atoms with Crippen molar-refractivity contribution in [2.45, 2.75) is 6.92 Å². The third kappa shape index (κ3) is 3.48. The van der Waals surface area contributed by atoms with Gasteiger partial charge >= 0.3 is 5.97 Å². The third-order valence-corrected chi connectivity index (χ3v) is 4.02. The van der Waals surface area contributed by atoms with E-state index < -0.39 is 11.9 Å². The van der Waals surface area contributed by atoms with Crippen molar-refractivity contribution >= 4 is 51.7 Å². The number of carbonyl (C=O) groups excluding carboxylic acids is 2. The van der Waals surface area contributed by atoms with Crippen LogP contribution in [0, 0.1) is 0 Å². The van der Waals surface area contributed by atoms with E-state index in [-0.39, 0.29) is 28.6 Å². The summed E-state index contributed by atoms with van der Waals surface area (Å²) in [5.41, 5.74) is 0.930. The lowest BCUT2D eigenvalue weighted by Gasteiger charge is -2.07. The molecule has 0 atom stereocenters. The molecule has 3 aromatic rings. The number of nitrogens with one attached hydrogen (secondary N) is 1. The Hall–Kier alpha value is -2.50. The summed E-state index contributed by atoms with van der Waals surface area (Å²) in [4.78, 5) is 24.7. The highest BCUT2D eigenvalue weighted by Gasteiger charge is 2.24. The highest BCUT2D eigenvalue weighted by molar-refractivity contribution is 6.37. The molecule has 0 saturated heterocycles. The largest absolute Gasteiger partial charge is 0.460 e. The minimum absolute atomic E-state index is 0.0681. The molecule has 7 heteroatoms. The number of ether oxygens (including phenoxy) is 1. The number of benzene rings is 2. The standard InChI is InChI=1S/C18H13Cl2NO4/c1-2-24-18(23)16-15(12-5-3-4-6-14(12)25-16)21-17(22)11-8-7-10(19)9-13(11)20/h3-9H,2H2,1H3,(H,21,22). The maximum Gasteiger partial charge on any atom is 0.376 e. The van der Waals surface area contributed by atoms with Gasteiger partial charge in [-0.15, -0.1) is 0 Å². The number of amides is 1. The van der Waals surface area contributed by atoms with Gasteiger partial charge in [0, 0.05) is 10.4 Å². The molecule has 1 N–H and O–H groups in total. The molecule has 1 heterocycles. The number of esters is 1. The van der Waals surface area contributed by atoms with E-state index in [2.05, 4.69) is 5.32 Å². The normalized spacial score (nSPS) is 10.7. The van der Waals surface area contributed by atoms with Gasteiger partial charge in [0.05, 0.1) is 17.2 Å². The minimum atomic E-state index is -0.656. The molecule has 0 bridgehead atoms. The summed E-state index contributed by atoms with van der Waals surface area (Å²) in [7, 11) is 0. The SMILES string of the molecule is CCOC(=O)c1oc2ccccc2c1NC(=O)c1ccc(Cl)cc1Cl. The van der Waals surface area contributed by atoms with Crippen LogP contribution in [0.3, 0.4) is 0 Å². The second-order valence-corrected chi connectivity index (χ2v) is 5.94. The fourth-order valence-corrected chi connectivity index (χ4v) is 2.86. The number of fused-ring (bicyclic) bond motifs is 1. The van der Waals surface area contributed by atoms with Gasteiger partial charge in [0.15, 0.2) is 0 Å². The zero-order chi connectivity index (χ0) is 18.0. The van der Waals surface area contributed by atoms with Crippen molar-refractivity contribution in [3.05, 3.63) is 63.8 Å². The Labute approximate surface area is 153 Å². The van der Waals surface area contributed by atoms with Gasteiger partial charge in [-0.3, -0.25) is 4.79 Å². The van der Waals surface area contributed by atoms with Crippen LogP contribution in [-0.2, 0) is 4.74 Å². The second-order valence-electron chi connectivity index (χ2n) is 5.10. The summed E-state index contributed by atoms with van der Waals surface area (Å²) in [6.45, 7) is 1.87. The van der Waals surface area contributed by atoms with Crippen LogP contribution < -0.4 is 5.32 Å². The Kier molecular flexibility index (Phi) is 4.97. The van der Waals surface area contributed by atoms with Crippen molar-refractivity contribution in [3.8, 4) is 0 Å². The monoisotopic (exact) mass is 377 g/mol. The molecule has 1 amide bonds. The van der Waals surface area contributed by atoms with Gasteiger partial charge < -0.3 is 14.5 Å². The van der Waals surface area contributed by atoms with Crippen molar-refractivity contribution in [1.82, 2.24) is 0 Å². The summed E-state index contributed by atoms with van der Waals surface area (Å²) < 4.78 is 10.6. The molecule has 1 aromatic heterocycles. The molecular formula is C18H13Cl2NO4. The topological polar surface area (TPSA) is 68.5 Å². The lowest BCUT2D eigenvalue weighted by Crippen LogP contribution is -2.15. The van der Waals surface area contributed by atoms with Crippen LogP contribution in [0.2, 0.25) is 10.0 Å². The molecule has 0 aliphatic rings. The van der Waals surface area contributed by atoms with E-state index >= 15 is 0 Å². The van der Waals surface area contributed by atoms with Gasteiger partial charge in [0.2, 0.25) is 5.76 Å². The molecule has 0 radical (unpaired) electrons. The smallest absolute Gasteiger partial charge is 0.376 e.